The number of fused-ring (bicyclic) bond motifs is 1. The van der Waals surface area contributed by atoms with Gasteiger partial charge in [0.05, 0.1) is 5.52 Å². The summed E-state index contributed by atoms with van der Waals surface area (Å²) in [5.74, 6) is -0.165. The van der Waals surface area contributed by atoms with Gasteiger partial charge in [0.15, 0.2) is 0 Å². The summed E-state index contributed by atoms with van der Waals surface area (Å²) < 4.78 is 5.90. The van der Waals surface area contributed by atoms with E-state index >= 15 is 0 Å². The number of ether oxygens (including phenoxy) is 1. The lowest BCUT2D eigenvalue weighted by Gasteiger charge is -2.11. The highest BCUT2D eigenvalue weighted by Gasteiger charge is 2.29. The number of urea groups is 1. The van der Waals surface area contributed by atoms with Gasteiger partial charge < -0.3 is 15.4 Å². The van der Waals surface area contributed by atoms with Crippen molar-refractivity contribution in [3.8, 4) is 5.75 Å². The van der Waals surface area contributed by atoms with E-state index in [1.54, 1.807) is 24.3 Å². The van der Waals surface area contributed by atoms with Crippen LogP contribution < -0.4 is 20.7 Å². The van der Waals surface area contributed by atoms with Crippen molar-refractivity contribution in [2.75, 3.05) is 6.54 Å². The summed E-state index contributed by atoms with van der Waals surface area (Å²) in [6, 6.07) is 15.3. The molecule has 0 saturated carbocycles. The SMILES string of the molecule is Cc1cc(COc2ccc(C(=O)NCC3NC(=O)NC3=O)cc2)c2ccccc2n1. The first-order chi connectivity index (χ1) is 14.5. The molecule has 1 saturated heterocycles. The molecule has 2 aromatic carbocycles. The third kappa shape index (κ3) is 4.22. The zero-order valence-corrected chi connectivity index (χ0v) is 16.3. The highest BCUT2D eigenvalue weighted by molar-refractivity contribution is 6.04. The van der Waals surface area contributed by atoms with E-state index < -0.39 is 18.0 Å². The summed E-state index contributed by atoms with van der Waals surface area (Å²) in [6.45, 7) is 2.35. The predicted octanol–water partition coefficient (Wildman–Crippen LogP) is 2.06. The molecule has 1 atom stereocenters. The number of amides is 4. The van der Waals surface area contributed by atoms with Gasteiger partial charge in [-0.3, -0.25) is 19.9 Å². The molecule has 3 N–H and O–H groups in total. The number of carbonyl (C=O) groups is 3. The molecule has 1 fully saturated rings. The van der Waals surface area contributed by atoms with Crippen molar-refractivity contribution in [3.63, 3.8) is 0 Å². The molecule has 0 radical (unpaired) electrons. The zero-order valence-electron chi connectivity index (χ0n) is 16.3. The second-order valence-electron chi connectivity index (χ2n) is 6.98. The summed E-state index contributed by atoms with van der Waals surface area (Å²) in [5.41, 5.74) is 3.32. The van der Waals surface area contributed by atoms with E-state index in [2.05, 4.69) is 20.9 Å². The van der Waals surface area contributed by atoms with Crippen LogP contribution in [0.15, 0.2) is 54.6 Å². The molecule has 4 amide bonds. The summed E-state index contributed by atoms with van der Waals surface area (Å²) in [4.78, 5) is 39.4. The van der Waals surface area contributed by atoms with Crippen molar-refractivity contribution in [3.05, 3.63) is 71.4 Å². The minimum atomic E-state index is -0.761. The summed E-state index contributed by atoms with van der Waals surface area (Å²) in [7, 11) is 0. The maximum Gasteiger partial charge on any atom is 0.322 e. The Bertz CT molecular complexity index is 1130. The van der Waals surface area contributed by atoms with Crippen LogP contribution >= 0.6 is 0 Å². The molecule has 152 valence electrons. The number of rotatable bonds is 6. The molecule has 30 heavy (non-hydrogen) atoms. The molecule has 3 aromatic rings. The Hall–Kier alpha value is -3.94. The van der Waals surface area contributed by atoms with Crippen molar-refractivity contribution in [2.24, 2.45) is 0 Å². The van der Waals surface area contributed by atoms with Crippen LogP contribution in [0.4, 0.5) is 4.79 Å². The number of nitrogens with zero attached hydrogens (tertiary/aromatic N) is 1. The van der Waals surface area contributed by atoms with Gasteiger partial charge in [0, 0.05) is 28.8 Å². The summed E-state index contributed by atoms with van der Waals surface area (Å²) in [6.07, 6.45) is 0. The van der Waals surface area contributed by atoms with Crippen LogP contribution in [0.3, 0.4) is 0 Å². The van der Waals surface area contributed by atoms with Crippen LogP contribution in [0.5, 0.6) is 5.75 Å². The monoisotopic (exact) mass is 404 g/mol. The van der Waals surface area contributed by atoms with Crippen molar-refractivity contribution in [2.45, 2.75) is 19.6 Å². The van der Waals surface area contributed by atoms with Gasteiger partial charge in [-0.05, 0) is 43.3 Å². The van der Waals surface area contributed by atoms with Crippen LogP contribution in [0.25, 0.3) is 10.9 Å². The summed E-state index contributed by atoms with van der Waals surface area (Å²) in [5, 5.41) is 8.23. The van der Waals surface area contributed by atoms with Crippen LogP contribution in [0.1, 0.15) is 21.6 Å². The van der Waals surface area contributed by atoms with E-state index in [4.69, 9.17) is 4.74 Å². The second-order valence-corrected chi connectivity index (χ2v) is 6.98. The Labute approximate surface area is 172 Å². The Morgan fingerprint density at radius 2 is 1.90 bits per heavy atom. The first-order valence-corrected chi connectivity index (χ1v) is 9.47. The molecule has 8 nitrogen and oxygen atoms in total. The van der Waals surface area contributed by atoms with E-state index in [1.165, 1.54) is 0 Å². The molecule has 2 heterocycles. The topological polar surface area (TPSA) is 109 Å². The number of pyridine rings is 1. The number of imide groups is 1. The maximum absolute atomic E-state index is 12.3. The van der Waals surface area contributed by atoms with Crippen LogP contribution in [-0.4, -0.2) is 35.4 Å². The first-order valence-electron chi connectivity index (χ1n) is 9.47. The van der Waals surface area contributed by atoms with E-state index in [-0.39, 0.29) is 12.5 Å². The molecule has 1 aliphatic rings. The van der Waals surface area contributed by atoms with Crippen molar-refractivity contribution < 1.29 is 19.1 Å². The lowest BCUT2D eigenvalue weighted by molar-refractivity contribution is -0.120. The first kappa shape index (κ1) is 19.4. The summed E-state index contributed by atoms with van der Waals surface area (Å²) >= 11 is 0. The van der Waals surface area contributed by atoms with Gasteiger partial charge in [0.2, 0.25) is 0 Å². The van der Waals surface area contributed by atoms with E-state index in [0.717, 1.165) is 22.2 Å². The number of nitrogens with one attached hydrogen (secondary N) is 3. The molecular weight excluding hydrogens is 384 g/mol. The number of aryl methyl sites for hydroxylation is 1. The zero-order chi connectivity index (χ0) is 21.1. The Balaban J connectivity index is 1.37. The average Bonchev–Trinajstić information content (AvgIpc) is 3.07. The fraction of sp³-hybridized carbons (Fsp3) is 0.182. The number of aromatic nitrogens is 1. The van der Waals surface area contributed by atoms with Gasteiger partial charge in [-0.25, -0.2) is 4.79 Å². The fourth-order valence-electron chi connectivity index (χ4n) is 3.28. The van der Waals surface area contributed by atoms with Gasteiger partial charge in [-0.15, -0.1) is 0 Å². The number of carbonyl (C=O) groups excluding carboxylic acids is 3. The minimum absolute atomic E-state index is 0.0170. The third-order valence-electron chi connectivity index (χ3n) is 4.77. The van der Waals surface area contributed by atoms with Gasteiger partial charge in [0.25, 0.3) is 11.8 Å². The highest BCUT2D eigenvalue weighted by atomic mass is 16.5. The van der Waals surface area contributed by atoms with Crippen LogP contribution in [0.2, 0.25) is 0 Å². The number of benzene rings is 2. The molecular formula is C22H20N4O4. The number of para-hydroxylation sites is 1. The normalized spacial score (nSPS) is 15.6. The van der Waals surface area contributed by atoms with E-state index in [0.29, 0.717) is 17.9 Å². The molecule has 1 unspecified atom stereocenters. The number of hydrogen-bond donors (Lipinski definition) is 3. The molecule has 0 spiro atoms. The smallest absolute Gasteiger partial charge is 0.322 e. The lowest BCUT2D eigenvalue weighted by Crippen LogP contribution is -2.41. The third-order valence-corrected chi connectivity index (χ3v) is 4.77. The molecule has 1 aromatic heterocycles. The largest absolute Gasteiger partial charge is 0.489 e. The maximum atomic E-state index is 12.3. The van der Waals surface area contributed by atoms with Gasteiger partial charge >= 0.3 is 6.03 Å². The Morgan fingerprint density at radius 1 is 1.13 bits per heavy atom. The van der Waals surface area contributed by atoms with Crippen LogP contribution in [0, 0.1) is 6.92 Å². The second kappa shape index (κ2) is 8.20. The minimum Gasteiger partial charge on any atom is -0.489 e. The van der Waals surface area contributed by atoms with Crippen LogP contribution in [-0.2, 0) is 11.4 Å². The van der Waals surface area contributed by atoms with Crippen molar-refractivity contribution in [1.29, 1.82) is 0 Å². The van der Waals surface area contributed by atoms with Gasteiger partial charge in [-0.2, -0.15) is 0 Å². The van der Waals surface area contributed by atoms with E-state index in [9.17, 15) is 14.4 Å². The number of hydrogen-bond acceptors (Lipinski definition) is 5. The van der Waals surface area contributed by atoms with Crippen molar-refractivity contribution in [1.82, 2.24) is 20.9 Å². The predicted molar refractivity (Wildman–Crippen MR) is 110 cm³/mol. The van der Waals surface area contributed by atoms with Gasteiger partial charge in [-0.1, -0.05) is 18.2 Å². The Kier molecular flexibility index (Phi) is 5.30. The Morgan fingerprint density at radius 3 is 2.63 bits per heavy atom. The highest BCUT2D eigenvalue weighted by Crippen LogP contribution is 2.21. The molecule has 0 bridgehead atoms. The quantitative estimate of drug-likeness (QED) is 0.545. The molecule has 4 rings (SSSR count). The van der Waals surface area contributed by atoms with Crippen molar-refractivity contribution >= 4 is 28.7 Å². The molecule has 1 aliphatic heterocycles. The molecule has 8 heteroatoms. The molecule has 0 aliphatic carbocycles. The van der Waals surface area contributed by atoms with E-state index in [1.807, 2.05) is 37.3 Å². The lowest BCUT2D eigenvalue weighted by atomic mass is 10.1. The van der Waals surface area contributed by atoms with Gasteiger partial charge in [0.1, 0.15) is 18.4 Å². The standard InChI is InChI=1S/C22H20N4O4/c1-13-10-15(17-4-2-3-5-18(17)24-13)12-30-16-8-6-14(7-9-16)20(27)23-11-19-21(28)26-22(29)25-19/h2-10,19H,11-12H2,1H3,(H,23,27)(H2,25,26,28,29). The average molecular weight is 404 g/mol. The fourth-order valence-corrected chi connectivity index (χ4v) is 3.28.